The number of rotatable bonds is 9. The number of hydrogen-bond donors (Lipinski definition) is 3. The fraction of sp³-hybridized carbons (Fsp3) is 0.621. The second-order valence-corrected chi connectivity index (χ2v) is 11.5. The first-order valence-electron chi connectivity index (χ1n) is 13.6. The summed E-state index contributed by atoms with van der Waals surface area (Å²) in [6.07, 6.45) is 0.384. The van der Waals surface area contributed by atoms with Gasteiger partial charge >= 0.3 is 6.18 Å². The normalized spacial score (nSPS) is 18.3. The molecule has 2 heterocycles. The van der Waals surface area contributed by atoms with Crippen molar-refractivity contribution in [2.24, 2.45) is 5.92 Å². The second kappa shape index (κ2) is 11.4. The van der Waals surface area contributed by atoms with E-state index in [0.29, 0.717) is 48.9 Å². The number of nitrogens with one attached hydrogen (secondary N) is 2. The van der Waals surface area contributed by atoms with Crippen LogP contribution < -0.4 is 10.6 Å². The molecule has 1 atom stereocenters. The van der Waals surface area contributed by atoms with Crippen molar-refractivity contribution in [3.05, 3.63) is 46.6 Å². The summed E-state index contributed by atoms with van der Waals surface area (Å²) in [5, 5.41) is 16.9. The van der Waals surface area contributed by atoms with Crippen molar-refractivity contribution in [1.29, 1.82) is 0 Å². The molecule has 0 spiro atoms. The monoisotopic (exact) mass is 535 g/mol. The van der Waals surface area contributed by atoms with Gasteiger partial charge < -0.3 is 19.7 Å². The van der Waals surface area contributed by atoms with Gasteiger partial charge in [0.2, 0.25) is 0 Å². The van der Waals surface area contributed by atoms with Crippen molar-refractivity contribution in [1.82, 2.24) is 15.2 Å². The van der Waals surface area contributed by atoms with E-state index in [2.05, 4.69) is 10.6 Å². The Balaban J connectivity index is 1.79. The molecule has 1 aliphatic carbocycles. The van der Waals surface area contributed by atoms with Crippen LogP contribution >= 0.6 is 0 Å². The number of benzene rings is 1. The number of halogens is 3. The van der Waals surface area contributed by atoms with Gasteiger partial charge in [-0.05, 0) is 81.3 Å². The van der Waals surface area contributed by atoms with Crippen molar-refractivity contribution in [3.8, 4) is 11.3 Å². The maximum atomic E-state index is 14.0. The zero-order valence-corrected chi connectivity index (χ0v) is 22.8. The van der Waals surface area contributed by atoms with Crippen LogP contribution in [0.2, 0.25) is 0 Å². The Morgan fingerprint density at radius 2 is 1.82 bits per heavy atom. The molecule has 1 saturated carbocycles. The molecule has 1 aromatic carbocycles. The predicted octanol–water partition coefficient (Wildman–Crippen LogP) is 5.96. The molecule has 1 saturated heterocycles. The van der Waals surface area contributed by atoms with E-state index in [-0.39, 0.29) is 17.5 Å². The SMILES string of the molecule is CCC(C)(C)NC(O)c1cc(-c2cc(C(=O)NC3COC3)c(C)n2CC2CCCCC2)cc(C(F)(F)F)c1. The summed E-state index contributed by atoms with van der Waals surface area (Å²) in [5.41, 5.74) is 0.896. The smallest absolute Gasteiger partial charge is 0.377 e. The molecule has 2 fully saturated rings. The van der Waals surface area contributed by atoms with Crippen LogP contribution in [0, 0.1) is 12.8 Å². The summed E-state index contributed by atoms with van der Waals surface area (Å²) in [7, 11) is 0. The van der Waals surface area contributed by atoms with Gasteiger partial charge in [0.1, 0.15) is 6.23 Å². The number of aromatic nitrogens is 1. The first kappa shape index (κ1) is 28.6. The quantitative estimate of drug-likeness (QED) is 0.347. The molecule has 2 aromatic rings. The Morgan fingerprint density at radius 1 is 1.13 bits per heavy atom. The number of carbonyl (C=O) groups excluding carboxylic acids is 1. The molecule has 4 rings (SSSR count). The molecule has 2 aliphatic rings. The number of carbonyl (C=O) groups is 1. The predicted molar refractivity (Wildman–Crippen MR) is 141 cm³/mol. The fourth-order valence-corrected chi connectivity index (χ4v) is 5.24. The molecule has 6 nitrogen and oxygen atoms in total. The molecule has 3 N–H and O–H groups in total. The standard InChI is InChI=1S/C29H40F3N3O3/c1-5-28(3,4)34-26(36)21-11-20(12-22(13-21)29(30,31)32)25-14-24(27(37)33-23-16-38-17-23)18(2)35(25)15-19-9-7-6-8-10-19/h11-14,19,23,26,34,36H,5-10,15-17H2,1-4H3,(H,33,37). The van der Waals surface area contributed by atoms with E-state index in [4.69, 9.17) is 4.74 Å². The minimum atomic E-state index is -4.59. The fourth-order valence-electron chi connectivity index (χ4n) is 5.24. The number of nitrogens with zero attached hydrogens (tertiary/aromatic N) is 1. The third-order valence-corrected chi connectivity index (χ3v) is 8.06. The van der Waals surface area contributed by atoms with E-state index in [1.54, 1.807) is 12.1 Å². The maximum Gasteiger partial charge on any atom is 0.416 e. The van der Waals surface area contributed by atoms with Crippen molar-refractivity contribution < 1.29 is 27.8 Å². The van der Waals surface area contributed by atoms with Gasteiger partial charge in [0.25, 0.3) is 5.91 Å². The van der Waals surface area contributed by atoms with E-state index in [0.717, 1.165) is 43.5 Å². The molecule has 9 heteroatoms. The number of amides is 1. The summed E-state index contributed by atoms with van der Waals surface area (Å²) in [6.45, 7) is 9.12. The molecule has 210 valence electrons. The highest BCUT2D eigenvalue weighted by Crippen LogP contribution is 2.37. The molecular formula is C29H40F3N3O3. The minimum Gasteiger partial charge on any atom is -0.377 e. The van der Waals surface area contributed by atoms with Crippen LogP contribution in [0.3, 0.4) is 0 Å². The zero-order valence-electron chi connectivity index (χ0n) is 22.8. The molecule has 1 aliphatic heterocycles. The summed E-state index contributed by atoms with van der Waals surface area (Å²) in [5.74, 6) is 0.144. The Kier molecular flexibility index (Phi) is 8.59. The second-order valence-electron chi connectivity index (χ2n) is 11.5. The van der Waals surface area contributed by atoms with Crippen LogP contribution in [-0.4, -0.2) is 40.4 Å². The van der Waals surface area contributed by atoms with Crippen molar-refractivity contribution in [3.63, 3.8) is 0 Å². The zero-order chi connectivity index (χ0) is 27.7. The number of ether oxygens (including phenoxy) is 1. The first-order valence-corrected chi connectivity index (χ1v) is 13.6. The van der Waals surface area contributed by atoms with Crippen molar-refractivity contribution in [2.45, 2.75) is 96.7 Å². The number of aliphatic hydroxyl groups is 1. The van der Waals surface area contributed by atoms with Gasteiger partial charge in [0.15, 0.2) is 0 Å². The van der Waals surface area contributed by atoms with Gasteiger partial charge in [-0.1, -0.05) is 26.2 Å². The summed E-state index contributed by atoms with van der Waals surface area (Å²) in [4.78, 5) is 13.1. The molecule has 1 unspecified atom stereocenters. The Labute approximate surface area is 222 Å². The topological polar surface area (TPSA) is 75.5 Å². The molecule has 1 aromatic heterocycles. The third kappa shape index (κ3) is 6.61. The lowest BCUT2D eigenvalue weighted by molar-refractivity contribution is -0.137. The summed E-state index contributed by atoms with van der Waals surface area (Å²) >= 11 is 0. The average Bonchev–Trinajstić information content (AvgIpc) is 3.17. The van der Waals surface area contributed by atoms with Crippen LogP contribution in [0.1, 0.15) is 92.7 Å². The van der Waals surface area contributed by atoms with Gasteiger partial charge in [-0.25, -0.2) is 0 Å². The van der Waals surface area contributed by atoms with Crippen LogP contribution in [0.15, 0.2) is 24.3 Å². The third-order valence-electron chi connectivity index (χ3n) is 8.06. The molecule has 1 amide bonds. The lowest BCUT2D eigenvalue weighted by Crippen LogP contribution is -2.48. The van der Waals surface area contributed by atoms with Gasteiger partial charge in [-0.3, -0.25) is 10.1 Å². The number of aliphatic hydroxyl groups excluding tert-OH is 1. The Hall–Kier alpha value is -2.36. The van der Waals surface area contributed by atoms with Gasteiger partial charge in [0.05, 0.1) is 30.4 Å². The van der Waals surface area contributed by atoms with Gasteiger partial charge in [0, 0.05) is 23.5 Å². The van der Waals surface area contributed by atoms with Crippen LogP contribution in [0.25, 0.3) is 11.3 Å². The maximum absolute atomic E-state index is 14.0. The highest BCUT2D eigenvalue weighted by Gasteiger charge is 2.33. The molecule has 0 bridgehead atoms. The van der Waals surface area contributed by atoms with E-state index >= 15 is 0 Å². The first-order chi connectivity index (χ1) is 17.9. The van der Waals surface area contributed by atoms with Crippen molar-refractivity contribution in [2.75, 3.05) is 13.2 Å². The lowest BCUT2D eigenvalue weighted by atomic mass is 9.89. The Bertz CT molecular complexity index is 1130. The van der Waals surface area contributed by atoms with E-state index in [1.807, 2.05) is 32.3 Å². The van der Waals surface area contributed by atoms with Crippen LogP contribution in [0.5, 0.6) is 0 Å². The molecule has 38 heavy (non-hydrogen) atoms. The van der Waals surface area contributed by atoms with Gasteiger partial charge in [-0.15, -0.1) is 0 Å². The number of alkyl halides is 3. The van der Waals surface area contributed by atoms with E-state index in [1.165, 1.54) is 6.42 Å². The van der Waals surface area contributed by atoms with Crippen molar-refractivity contribution >= 4 is 5.91 Å². The number of hydrogen-bond acceptors (Lipinski definition) is 4. The molecule has 0 radical (unpaired) electrons. The van der Waals surface area contributed by atoms with Gasteiger partial charge in [-0.2, -0.15) is 13.2 Å². The summed E-state index contributed by atoms with van der Waals surface area (Å²) < 4.78 is 49.2. The van der Waals surface area contributed by atoms with Crippen LogP contribution in [0.4, 0.5) is 13.2 Å². The highest BCUT2D eigenvalue weighted by atomic mass is 19.4. The van der Waals surface area contributed by atoms with E-state index < -0.39 is 23.5 Å². The van der Waals surface area contributed by atoms with Crippen LogP contribution in [-0.2, 0) is 17.5 Å². The van der Waals surface area contributed by atoms with E-state index in [9.17, 15) is 23.1 Å². The highest BCUT2D eigenvalue weighted by molar-refractivity contribution is 5.97. The summed E-state index contributed by atoms with van der Waals surface area (Å²) in [6, 6.07) is 5.36. The average molecular weight is 536 g/mol. The minimum absolute atomic E-state index is 0.0599. The molecular weight excluding hydrogens is 495 g/mol. The lowest BCUT2D eigenvalue weighted by Gasteiger charge is -2.29. The Morgan fingerprint density at radius 3 is 2.39 bits per heavy atom. The largest absolute Gasteiger partial charge is 0.416 e.